The minimum absolute atomic E-state index is 0.105. The van der Waals surface area contributed by atoms with Crippen LogP contribution >= 0.6 is 7.82 Å². The number of ether oxygens (including phenoxy) is 4. The maximum atomic E-state index is 12.7. The van der Waals surface area contributed by atoms with Crippen molar-refractivity contribution in [1.82, 2.24) is 0 Å². The van der Waals surface area contributed by atoms with Gasteiger partial charge >= 0.3 is 7.82 Å². The number of phosphoric ester groups is 1. The van der Waals surface area contributed by atoms with E-state index in [4.69, 9.17) is 43.7 Å². The Kier molecular flexibility index (Phi) is 9.15. The van der Waals surface area contributed by atoms with Gasteiger partial charge in [0.1, 0.15) is 34.0 Å². The summed E-state index contributed by atoms with van der Waals surface area (Å²) in [5.74, 6) is 0. The molecule has 2 rings (SSSR count). The van der Waals surface area contributed by atoms with Crippen LogP contribution in [0, 0.1) is 28.1 Å². The van der Waals surface area contributed by atoms with E-state index >= 15 is 0 Å². The summed E-state index contributed by atoms with van der Waals surface area (Å²) in [7, 11) is 6.86. The van der Waals surface area contributed by atoms with Gasteiger partial charge in [-0.25, -0.2) is 4.57 Å². The molecule has 2 fully saturated rings. The van der Waals surface area contributed by atoms with Gasteiger partial charge in [-0.2, -0.15) is 10.5 Å². The van der Waals surface area contributed by atoms with Gasteiger partial charge in [-0.15, -0.1) is 0 Å². The second-order valence-corrected chi connectivity index (χ2v) is 9.44. The maximum absolute atomic E-state index is 12.7. The number of nitriles is 2. The third-order valence-corrected chi connectivity index (χ3v) is 5.81. The fraction of sp³-hybridized carbons (Fsp3) is 0.889. The molecule has 7 atom stereocenters. The molecule has 0 amide bonds. The summed E-state index contributed by atoms with van der Waals surface area (Å²) in [4.78, 5) is 10.3. The standard InChI is InChI=1S/C18H27B2N2O8P/c1-10(2)25-6-14-16(18(8-21,9-22)17(20)29-14)30-31(23,24)26-7-13-12(27-11(3)4)5-15(19)28-13/h10-17H,5-7H2,1-4H3,(H,23,24)/t12?,13-,14-,15-,16?,17-/m1/s1. The van der Waals surface area contributed by atoms with E-state index in [1.807, 2.05) is 13.8 Å². The fourth-order valence-electron chi connectivity index (χ4n) is 3.40. The van der Waals surface area contributed by atoms with E-state index in [1.165, 1.54) is 0 Å². The Morgan fingerprint density at radius 1 is 1.13 bits per heavy atom. The molecule has 2 saturated heterocycles. The highest BCUT2D eigenvalue weighted by Crippen LogP contribution is 2.52. The second kappa shape index (κ2) is 10.8. The van der Waals surface area contributed by atoms with Crippen molar-refractivity contribution in [2.24, 2.45) is 5.41 Å². The lowest BCUT2D eigenvalue weighted by Gasteiger charge is -2.28. The molecule has 31 heavy (non-hydrogen) atoms. The molecule has 0 saturated carbocycles. The van der Waals surface area contributed by atoms with Crippen molar-refractivity contribution in [3.63, 3.8) is 0 Å². The first-order valence-electron chi connectivity index (χ1n) is 10.0. The summed E-state index contributed by atoms with van der Waals surface area (Å²) in [6.45, 7) is 6.77. The topological polar surface area (TPSA) is 140 Å². The lowest BCUT2D eigenvalue weighted by Crippen LogP contribution is -2.42. The van der Waals surface area contributed by atoms with Crippen LogP contribution in [0.25, 0.3) is 0 Å². The Morgan fingerprint density at radius 2 is 1.77 bits per heavy atom. The third-order valence-electron chi connectivity index (χ3n) is 4.85. The van der Waals surface area contributed by atoms with Gasteiger partial charge in [0.25, 0.3) is 0 Å². The molecule has 2 aliphatic heterocycles. The minimum atomic E-state index is -4.76. The summed E-state index contributed by atoms with van der Waals surface area (Å²) in [5, 5.41) is 19.2. The molecule has 0 aromatic rings. The Hall–Kier alpha value is -0.940. The van der Waals surface area contributed by atoms with Gasteiger partial charge in [0, 0.05) is 6.00 Å². The van der Waals surface area contributed by atoms with Crippen LogP contribution in [0.4, 0.5) is 0 Å². The number of rotatable bonds is 10. The molecule has 0 aliphatic carbocycles. The second-order valence-electron chi connectivity index (χ2n) is 8.03. The summed E-state index contributed by atoms with van der Waals surface area (Å²) >= 11 is 0. The Labute approximate surface area is 185 Å². The van der Waals surface area contributed by atoms with Crippen molar-refractivity contribution in [1.29, 1.82) is 10.5 Å². The molecule has 2 aliphatic rings. The normalized spacial score (nSPS) is 34.5. The summed E-state index contributed by atoms with van der Waals surface area (Å²) in [5.41, 5.74) is -2.03. The van der Waals surface area contributed by atoms with Gasteiger partial charge in [-0.1, -0.05) is 0 Å². The molecule has 13 heteroatoms. The molecule has 168 valence electrons. The molecule has 0 bridgehead atoms. The van der Waals surface area contributed by atoms with E-state index in [-0.39, 0.29) is 25.4 Å². The van der Waals surface area contributed by atoms with Crippen LogP contribution < -0.4 is 0 Å². The molecule has 1 N–H and O–H groups in total. The quantitative estimate of drug-likeness (QED) is 0.376. The molecule has 0 aromatic carbocycles. The van der Waals surface area contributed by atoms with E-state index < -0.39 is 49.7 Å². The van der Waals surface area contributed by atoms with Crippen molar-refractivity contribution < 1.29 is 37.5 Å². The van der Waals surface area contributed by atoms with E-state index in [1.54, 1.807) is 26.0 Å². The summed E-state index contributed by atoms with van der Waals surface area (Å²) < 4.78 is 45.1. The van der Waals surface area contributed by atoms with Crippen LogP contribution in [0.5, 0.6) is 0 Å². The van der Waals surface area contributed by atoms with Gasteiger partial charge in [0.15, 0.2) is 5.41 Å². The number of phosphoric acid groups is 1. The van der Waals surface area contributed by atoms with Crippen LogP contribution in [0.1, 0.15) is 34.1 Å². The van der Waals surface area contributed by atoms with Crippen LogP contribution in [0.15, 0.2) is 0 Å². The van der Waals surface area contributed by atoms with Gasteiger partial charge in [0.2, 0.25) is 0 Å². The molecule has 4 radical (unpaired) electrons. The smallest absolute Gasteiger partial charge is 0.380 e. The van der Waals surface area contributed by atoms with Crippen molar-refractivity contribution >= 4 is 23.5 Å². The van der Waals surface area contributed by atoms with Crippen molar-refractivity contribution in [3.8, 4) is 12.1 Å². The molecular weight excluding hydrogens is 425 g/mol. The highest BCUT2D eigenvalue weighted by Gasteiger charge is 2.59. The Bertz CT molecular complexity index is 729. The van der Waals surface area contributed by atoms with Crippen molar-refractivity contribution in [2.45, 2.75) is 82.7 Å². The maximum Gasteiger partial charge on any atom is 0.472 e. The fourth-order valence-corrected chi connectivity index (χ4v) is 4.38. The monoisotopic (exact) mass is 452 g/mol. The lowest BCUT2D eigenvalue weighted by molar-refractivity contribution is -0.0659. The average Bonchev–Trinajstić information content (AvgIpc) is 3.14. The van der Waals surface area contributed by atoms with E-state index in [0.29, 0.717) is 6.42 Å². The third kappa shape index (κ3) is 6.54. The first-order chi connectivity index (χ1) is 14.4. The van der Waals surface area contributed by atoms with Gasteiger partial charge in [-0.05, 0) is 34.1 Å². The molecule has 3 unspecified atom stereocenters. The first-order valence-corrected chi connectivity index (χ1v) is 11.5. The van der Waals surface area contributed by atoms with Crippen molar-refractivity contribution in [2.75, 3.05) is 13.2 Å². The van der Waals surface area contributed by atoms with E-state index in [9.17, 15) is 20.0 Å². The van der Waals surface area contributed by atoms with Crippen LogP contribution in [-0.2, 0) is 32.6 Å². The molecule has 2 heterocycles. The highest BCUT2D eigenvalue weighted by molar-refractivity contribution is 7.47. The van der Waals surface area contributed by atoms with Crippen LogP contribution in [0.3, 0.4) is 0 Å². The lowest BCUT2D eigenvalue weighted by atomic mass is 9.72. The largest absolute Gasteiger partial charge is 0.472 e. The molecule has 0 spiro atoms. The van der Waals surface area contributed by atoms with E-state index in [2.05, 4.69) is 0 Å². The minimum Gasteiger partial charge on any atom is -0.380 e. The van der Waals surface area contributed by atoms with Crippen LogP contribution in [-0.4, -0.2) is 82.4 Å². The van der Waals surface area contributed by atoms with Gasteiger partial charge in [0.05, 0.1) is 49.7 Å². The first kappa shape index (κ1) is 26.3. The zero-order valence-corrected chi connectivity index (χ0v) is 18.9. The van der Waals surface area contributed by atoms with Crippen molar-refractivity contribution in [3.05, 3.63) is 0 Å². The SMILES string of the molecule is [B][C@@H]1O[C@H](COC(C)C)C(OP(=O)(O)OC[C@H]2O[C@@H]([B])CC2OC(C)C)C1(C#N)C#N. The molecule has 10 nitrogen and oxygen atoms in total. The zero-order chi connectivity index (χ0) is 23.4. The van der Waals surface area contributed by atoms with Crippen LogP contribution in [0.2, 0.25) is 0 Å². The summed E-state index contributed by atoms with van der Waals surface area (Å²) in [6.07, 6.45) is -3.55. The Balaban J connectivity index is 2.11. The number of hydrogen-bond donors (Lipinski definition) is 1. The predicted octanol–water partition coefficient (Wildman–Crippen LogP) is 0.918. The van der Waals surface area contributed by atoms with Gasteiger partial charge in [-0.3, -0.25) is 9.05 Å². The zero-order valence-electron chi connectivity index (χ0n) is 18.0. The van der Waals surface area contributed by atoms with Gasteiger partial charge < -0.3 is 23.8 Å². The average molecular weight is 452 g/mol. The highest BCUT2D eigenvalue weighted by atomic mass is 31.2. The Morgan fingerprint density at radius 3 is 2.32 bits per heavy atom. The molecular formula is C18H27B2N2O8P. The van der Waals surface area contributed by atoms with E-state index in [0.717, 1.165) is 0 Å². The summed E-state index contributed by atoms with van der Waals surface area (Å²) in [6, 6.07) is 1.55. The predicted molar refractivity (Wildman–Crippen MR) is 109 cm³/mol. The number of nitrogens with zero attached hydrogens (tertiary/aromatic N) is 2. The molecule has 0 aromatic heterocycles. The number of hydrogen-bond acceptors (Lipinski definition) is 9.